The number of anilines is 3. The molecular formula is C30H37N9O2. The Hall–Kier alpha value is -4.67. The van der Waals surface area contributed by atoms with Crippen LogP contribution in [0.25, 0.3) is 16.8 Å². The number of hydrogen-bond acceptors (Lipinski definition) is 7. The van der Waals surface area contributed by atoms with Gasteiger partial charge in [-0.2, -0.15) is 14.7 Å². The van der Waals surface area contributed by atoms with Crippen molar-refractivity contribution >= 4 is 35.3 Å². The molecule has 11 nitrogen and oxygen atoms in total. The van der Waals surface area contributed by atoms with E-state index >= 15 is 0 Å². The minimum absolute atomic E-state index is 0.0443. The molecule has 1 aliphatic rings. The highest BCUT2D eigenvalue weighted by molar-refractivity contribution is 5.81. The SMILES string of the molecule is C/C=C\N(C=N)c1ccc(Nc2cc(C3CCCN(C(=O)OC(C)(C)C)C3)nc3c(-c4cnn(C)c4)cnn23)cc1. The first kappa shape index (κ1) is 27.9. The van der Waals surface area contributed by atoms with Gasteiger partial charge in [0.2, 0.25) is 0 Å². The van der Waals surface area contributed by atoms with Crippen molar-refractivity contribution in [2.75, 3.05) is 23.3 Å². The van der Waals surface area contributed by atoms with Gasteiger partial charge in [-0.3, -0.25) is 10.1 Å². The third-order valence-corrected chi connectivity index (χ3v) is 6.89. The molecule has 3 aromatic heterocycles. The first-order valence-corrected chi connectivity index (χ1v) is 13.8. The lowest BCUT2D eigenvalue weighted by Gasteiger charge is -2.34. The lowest BCUT2D eigenvalue weighted by Crippen LogP contribution is -2.42. The smallest absolute Gasteiger partial charge is 0.410 e. The predicted octanol–water partition coefficient (Wildman–Crippen LogP) is 5.93. The fourth-order valence-electron chi connectivity index (χ4n) is 4.98. The number of piperidine rings is 1. The van der Waals surface area contributed by atoms with Crippen molar-refractivity contribution in [1.29, 1.82) is 5.41 Å². The molecule has 1 atom stereocenters. The normalized spacial score (nSPS) is 15.8. The van der Waals surface area contributed by atoms with Gasteiger partial charge in [0, 0.05) is 67.0 Å². The highest BCUT2D eigenvalue weighted by Gasteiger charge is 2.30. The minimum atomic E-state index is -0.549. The molecule has 0 bridgehead atoms. The van der Waals surface area contributed by atoms with Crippen LogP contribution in [0.4, 0.5) is 22.0 Å². The minimum Gasteiger partial charge on any atom is -0.444 e. The lowest BCUT2D eigenvalue weighted by molar-refractivity contribution is 0.0197. The summed E-state index contributed by atoms with van der Waals surface area (Å²) in [4.78, 5) is 21.5. The van der Waals surface area contributed by atoms with Crippen molar-refractivity contribution in [3.63, 3.8) is 0 Å². The number of benzene rings is 1. The molecule has 0 radical (unpaired) electrons. The number of allylic oxidation sites excluding steroid dienone is 1. The first-order chi connectivity index (χ1) is 19.6. The van der Waals surface area contributed by atoms with Crippen LogP contribution >= 0.6 is 0 Å². The Balaban J connectivity index is 1.51. The zero-order chi connectivity index (χ0) is 29.1. The van der Waals surface area contributed by atoms with Gasteiger partial charge in [0.1, 0.15) is 11.4 Å². The maximum absolute atomic E-state index is 12.9. The lowest BCUT2D eigenvalue weighted by atomic mass is 9.94. The Morgan fingerprint density at radius 2 is 1.98 bits per heavy atom. The van der Waals surface area contributed by atoms with E-state index in [-0.39, 0.29) is 12.0 Å². The number of rotatable bonds is 7. The second-order valence-corrected chi connectivity index (χ2v) is 11.2. The Morgan fingerprint density at radius 3 is 2.63 bits per heavy atom. The highest BCUT2D eigenvalue weighted by atomic mass is 16.6. The highest BCUT2D eigenvalue weighted by Crippen LogP contribution is 2.33. The quantitative estimate of drug-likeness (QED) is 0.214. The summed E-state index contributed by atoms with van der Waals surface area (Å²) in [5.74, 6) is 0.808. The van der Waals surface area contributed by atoms with Crippen LogP contribution in [0.5, 0.6) is 0 Å². The number of hydrogen-bond donors (Lipinski definition) is 2. The molecule has 1 amide bonds. The monoisotopic (exact) mass is 555 g/mol. The molecule has 1 saturated heterocycles. The number of carbonyl (C=O) groups excluding carboxylic acids is 1. The van der Waals surface area contributed by atoms with E-state index in [0.717, 1.165) is 46.9 Å². The van der Waals surface area contributed by atoms with Crippen LogP contribution in [-0.2, 0) is 11.8 Å². The van der Waals surface area contributed by atoms with Gasteiger partial charge in [0.05, 0.1) is 24.4 Å². The maximum atomic E-state index is 12.9. The molecule has 1 fully saturated rings. The molecule has 0 aliphatic carbocycles. The van der Waals surface area contributed by atoms with Crippen LogP contribution in [0, 0.1) is 5.41 Å². The summed E-state index contributed by atoms with van der Waals surface area (Å²) in [6.45, 7) is 8.77. The molecule has 41 heavy (non-hydrogen) atoms. The summed E-state index contributed by atoms with van der Waals surface area (Å²) in [6, 6.07) is 9.87. The van der Waals surface area contributed by atoms with E-state index in [1.165, 1.54) is 6.34 Å². The van der Waals surface area contributed by atoms with Crippen molar-refractivity contribution in [3.8, 4) is 11.1 Å². The molecule has 1 aliphatic heterocycles. The van der Waals surface area contributed by atoms with Gasteiger partial charge < -0.3 is 19.9 Å². The van der Waals surface area contributed by atoms with E-state index in [0.29, 0.717) is 18.7 Å². The predicted molar refractivity (Wildman–Crippen MR) is 161 cm³/mol. The number of nitrogens with one attached hydrogen (secondary N) is 2. The number of amides is 1. The van der Waals surface area contributed by atoms with Crippen molar-refractivity contribution in [1.82, 2.24) is 29.3 Å². The van der Waals surface area contributed by atoms with Crippen molar-refractivity contribution in [3.05, 3.63) is 66.9 Å². The largest absolute Gasteiger partial charge is 0.444 e. The van der Waals surface area contributed by atoms with Crippen LogP contribution in [0.15, 0.2) is 61.2 Å². The Labute approximate surface area is 239 Å². The molecular weight excluding hydrogens is 518 g/mol. The van der Waals surface area contributed by atoms with Crippen LogP contribution in [-0.4, -0.2) is 60.4 Å². The maximum Gasteiger partial charge on any atom is 0.410 e. The van der Waals surface area contributed by atoms with Gasteiger partial charge in [0.15, 0.2) is 5.65 Å². The van der Waals surface area contributed by atoms with Crippen LogP contribution in [0.2, 0.25) is 0 Å². The van der Waals surface area contributed by atoms with Gasteiger partial charge in [-0.05, 0) is 64.8 Å². The Kier molecular flexibility index (Phi) is 7.78. The number of aromatic nitrogens is 5. The summed E-state index contributed by atoms with van der Waals surface area (Å²) in [6.07, 6.45) is 12.0. The van der Waals surface area contributed by atoms with Crippen molar-refractivity contribution in [2.45, 2.75) is 52.1 Å². The number of nitrogens with zero attached hydrogens (tertiary/aromatic N) is 7. The van der Waals surface area contributed by atoms with E-state index in [9.17, 15) is 4.79 Å². The number of ether oxygens (including phenoxy) is 1. The van der Waals surface area contributed by atoms with Gasteiger partial charge >= 0.3 is 6.09 Å². The second-order valence-electron chi connectivity index (χ2n) is 11.2. The van der Waals surface area contributed by atoms with Gasteiger partial charge in [0.25, 0.3) is 0 Å². The standard InChI is InChI=1S/C30H37N9O2/c1-6-13-38(20-31)24-11-9-23(10-12-24)34-27-15-26(21-8-7-14-37(19-21)29(40)41-30(2,3)4)35-28-25(17-33-39(27)28)22-16-32-36(5)18-22/h6,9-13,15-18,20-21,31,34H,7-8,14,19H2,1-5H3/b13-6-,31-20?. The van der Waals surface area contributed by atoms with Gasteiger partial charge in [-0.25, -0.2) is 9.78 Å². The molecule has 2 N–H and O–H groups in total. The summed E-state index contributed by atoms with van der Waals surface area (Å²) in [5, 5.41) is 20.2. The first-order valence-electron chi connectivity index (χ1n) is 13.8. The average Bonchev–Trinajstić information content (AvgIpc) is 3.57. The fourth-order valence-corrected chi connectivity index (χ4v) is 4.98. The topological polar surface area (TPSA) is 117 Å². The molecule has 4 aromatic rings. The number of aryl methyl sites for hydroxylation is 1. The van der Waals surface area contributed by atoms with E-state index in [4.69, 9.17) is 15.1 Å². The molecule has 0 saturated carbocycles. The Bertz CT molecular complexity index is 1560. The van der Waals surface area contributed by atoms with Gasteiger partial charge in [-0.1, -0.05) is 6.08 Å². The number of fused-ring (bicyclic) bond motifs is 1. The average molecular weight is 556 g/mol. The fraction of sp³-hybridized carbons (Fsp3) is 0.367. The van der Waals surface area contributed by atoms with E-state index in [2.05, 4.69) is 15.5 Å². The van der Waals surface area contributed by atoms with E-state index in [1.807, 2.05) is 95.9 Å². The third kappa shape index (κ3) is 6.24. The zero-order valence-electron chi connectivity index (χ0n) is 24.2. The molecule has 214 valence electrons. The van der Waals surface area contributed by atoms with E-state index < -0.39 is 5.60 Å². The molecule has 1 unspecified atom stereocenters. The number of carbonyl (C=O) groups is 1. The molecule has 0 spiro atoms. The van der Waals surface area contributed by atoms with E-state index in [1.54, 1.807) is 19.0 Å². The summed E-state index contributed by atoms with van der Waals surface area (Å²) in [5.41, 5.74) is 4.61. The van der Waals surface area contributed by atoms with Crippen molar-refractivity contribution < 1.29 is 9.53 Å². The summed E-state index contributed by atoms with van der Waals surface area (Å²) >= 11 is 0. The van der Waals surface area contributed by atoms with Crippen LogP contribution < -0.4 is 10.2 Å². The molecule has 5 rings (SSSR count). The molecule has 11 heteroatoms. The van der Waals surface area contributed by atoms with Crippen molar-refractivity contribution in [2.24, 2.45) is 7.05 Å². The second kappa shape index (κ2) is 11.4. The summed E-state index contributed by atoms with van der Waals surface area (Å²) in [7, 11) is 1.88. The Morgan fingerprint density at radius 1 is 1.20 bits per heavy atom. The third-order valence-electron chi connectivity index (χ3n) is 6.89. The zero-order valence-corrected chi connectivity index (χ0v) is 24.2. The molecule has 4 heterocycles. The van der Waals surface area contributed by atoms with Crippen LogP contribution in [0.3, 0.4) is 0 Å². The molecule has 1 aromatic carbocycles. The number of likely N-dealkylation sites (tertiary alicyclic amines) is 1. The van der Waals surface area contributed by atoms with Crippen LogP contribution in [0.1, 0.15) is 52.1 Å². The van der Waals surface area contributed by atoms with Gasteiger partial charge in [-0.15, -0.1) is 0 Å². The summed E-state index contributed by atoms with van der Waals surface area (Å²) < 4.78 is 9.22.